The second-order valence-corrected chi connectivity index (χ2v) is 6.08. The molecule has 2 aromatic rings. The minimum Gasteiger partial charge on any atom is -0.476 e. The maximum absolute atomic E-state index is 11.0. The molecule has 0 saturated heterocycles. The second-order valence-electron chi connectivity index (χ2n) is 4.79. The summed E-state index contributed by atoms with van der Waals surface area (Å²) in [5, 5.41) is 12.2. The van der Waals surface area contributed by atoms with Crippen molar-refractivity contribution >= 4 is 28.9 Å². The zero-order chi connectivity index (χ0) is 13.5. The van der Waals surface area contributed by atoms with Crippen LogP contribution in [0.15, 0.2) is 29.6 Å². The molecule has 1 N–H and O–H groups in total. The van der Waals surface area contributed by atoms with Crippen LogP contribution in [0.5, 0.6) is 0 Å². The average molecular weight is 294 g/mol. The standard InChI is InChI=1S/C14H12ClNO2S/c15-10-4-1-3-9(7-10)14(5-2-6-14)13-16-11(8-19-13)12(17)18/h1,3-4,7-8H,2,5-6H2,(H,17,18). The number of thiazole rings is 1. The van der Waals surface area contributed by atoms with Gasteiger partial charge in [-0.3, -0.25) is 0 Å². The molecule has 0 unspecified atom stereocenters. The molecule has 0 aliphatic heterocycles. The van der Waals surface area contributed by atoms with Gasteiger partial charge in [0, 0.05) is 15.8 Å². The number of hydrogen-bond donors (Lipinski definition) is 1. The number of rotatable bonds is 3. The first kappa shape index (κ1) is 12.6. The summed E-state index contributed by atoms with van der Waals surface area (Å²) in [5.74, 6) is -0.969. The van der Waals surface area contributed by atoms with Crippen LogP contribution in [0.25, 0.3) is 0 Å². The van der Waals surface area contributed by atoms with E-state index in [4.69, 9.17) is 16.7 Å². The smallest absolute Gasteiger partial charge is 0.355 e. The fourth-order valence-electron chi connectivity index (χ4n) is 2.53. The zero-order valence-electron chi connectivity index (χ0n) is 10.1. The third-order valence-corrected chi connectivity index (χ3v) is 5.00. The fourth-order valence-corrected chi connectivity index (χ4v) is 3.80. The van der Waals surface area contributed by atoms with Gasteiger partial charge in [-0.2, -0.15) is 0 Å². The molecule has 0 atom stereocenters. The number of halogens is 1. The normalized spacial score (nSPS) is 16.9. The van der Waals surface area contributed by atoms with E-state index in [1.807, 2.05) is 24.3 Å². The molecular weight excluding hydrogens is 282 g/mol. The highest BCUT2D eigenvalue weighted by atomic mass is 35.5. The number of carbonyl (C=O) groups is 1. The van der Waals surface area contributed by atoms with E-state index in [9.17, 15) is 4.79 Å². The SMILES string of the molecule is O=C(O)c1csc(C2(c3cccc(Cl)c3)CCC2)n1. The Balaban J connectivity index is 2.05. The molecule has 3 rings (SSSR count). The molecule has 19 heavy (non-hydrogen) atoms. The lowest BCUT2D eigenvalue weighted by Gasteiger charge is -2.40. The van der Waals surface area contributed by atoms with Crippen molar-refractivity contribution in [3.8, 4) is 0 Å². The van der Waals surface area contributed by atoms with Gasteiger partial charge in [0.2, 0.25) is 0 Å². The Bertz CT molecular complexity index is 634. The Morgan fingerprint density at radius 3 is 2.74 bits per heavy atom. The molecule has 1 fully saturated rings. The van der Waals surface area contributed by atoms with E-state index >= 15 is 0 Å². The molecule has 0 bridgehead atoms. The third-order valence-electron chi connectivity index (χ3n) is 3.72. The van der Waals surface area contributed by atoms with Gasteiger partial charge in [0.1, 0.15) is 5.01 Å². The van der Waals surface area contributed by atoms with E-state index in [-0.39, 0.29) is 11.1 Å². The van der Waals surface area contributed by atoms with Gasteiger partial charge >= 0.3 is 5.97 Å². The van der Waals surface area contributed by atoms with Crippen LogP contribution >= 0.6 is 22.9 Å². The van der Waals surface area contributed by atoms with E-state index in [0.717, 1.165) is 29.8 Å². The van der Waals surface area contributed by atoms with Gasteiger partial charge in [0.05, 0.1) is 0 Å². The number of benzene rings is 1. The quantitative estimate of drug-likeness (QED) is 0.931. The van der Waals surface area contributed by atoms with Gasteiger partial charge in [0.25, 0.3) is 0 Å². The molecule has 5 heteroatoms. The van der Waals surface area contributed by atoms with Crippen LogP contribution < -0.4 is 0 Å². The van der Waals surface area contributed by atoms with Gasteiger partial charge < -0.3 is 5.11 Å². The summed E-state index contributed by atoms with van der Waals surface area (Å²) in [7, 11) is 0. The van der Waals surface area contributed by atoms with Gasteiger partial charge in [-0.1, -0.05) is 30.2 Å². The molecule has 0 amide bonds. The highest BCUT2D eigenvalue weighted by molar-refractivity contribution is 7.10. The number of carboxylic acids is 1. The largest absolute Gasteiger partial charge is 0.476 e. The summed E-state index contributed by atoms with van der Waals surface area (Å²) in [6.45, 7) is 0. The summed E-state index contributed by atoms with van der Waals surface area (Å²) in [6.07, 6.45) is 3.13. The molecule has 1 aromatic heterocycles. The molecule has 1 aliphatic carbocycles. The molecule has 1 aliphatic rings. The van der Waals surface area contributed by atoms with Crippen LogP contribution in [0, 0.1) is 0 Å². The maximum atomic E-state index is 11.0. The fraction of sp³-hybridized carbons (Fsp3) is 0.286. The number of hydrogen-bond acceptors (Lipinski definition) is 3. The van der Waals surface area contributed by atoms with Crippen molar-refractivity contribution in [2.45, 2.75) is 24.7 Å². The van der Waals surface area contributed by atoms with Gasteiger partial charge in [-0.05, 0) is 30.5 Å². The Kier molecular flexibility index (Phi) is 3.07. The van der Waals surface area contributed by atoms with Gasteiger partial charge in [0.15, 0.2) is 5.69 Å². The number of aromatic carboxylic acids is 1. The van der Waals surface area contributed by atoms with E-state index in [1.54, 1.807) is 5.38 Å². The molecule has 1 aromatic carbocycles. The van der Waals surface area contributed by atoms with Crippen molar-refractivity contribution < 1.29 is 9.90 Å². The number of carboxylic acid groups (broad SMARTS) is 1. The molecule has 1 heterocycles. The predicted molar refractivity (Wildman–Crippen MR) is 75.2 cm³/mol. The maximum Gasteiger partial charge on any atom is 0.355 e. The van der Waals surface area contributed by atoms with Crippen molar-refractivity contribution in [2.75, 3.05) is 0 Å². The van der Waals surface area contributed by atoms with Crippen LogP contribution in [0.2, 0.25) is 5.02 Å². The minimum absolute atomic E-state index is 0.133. The van der Waals surface area contributed by atoms with E-state index in [1.165, 1.54) is 11.3 Å². The monoisotopic (exact) mass is 293 g/mol. The Morgan fingerprint density at radius 1 is 1.42 bits per heavy atom. The number of aromatic nitrogens is 1. The first-order valence-corrected chi connectivity index (χ1v) is 7.33. The third kappa shape index (κ3) is 2.05. The van der Waals surface area contributed by atoms with E-state index in [0.29, 0.717) is 5.02 Å². The average Bonchev–Trinajstić information content (AvgIpc) is 2.77. The topological polar surface area (TPSA) is 50.2 Å². The molecule has 1 saturated carbocycles. The van der Waals surface area contributed by atoms with Crippen molar-refractivity contribution in [3.05, 3.63) is 50.9 Å². The molecule has 3 nitrogen and oxygen atoms in total. The summed E-state index contributed by atoms with van der Waals surface area (Å²) in [4.78, 5) is 15.2. The highest BCUT2D eigenvalue weighted by Crippen LogP contribution is 2.50. The van der Waals surface area contributed by atoms with Crippen molar-refractivity contribution in [1.29, 1.82) is 0 Å². The highest BCUT2D eigenvalue weighted by Gasteiger charge is 2.43. The van der Waals surface area contributed by atoms with Crippen molar-refractivity contribution in [3.63, 3.8) is 0 Å². The molecule has 98 valence electrons. The summed E-state index contributed by atoms with van der Waals surface area (Å²) in [5.41, 5.74) is 1.13. The molecule has 0 spiro atoms. The van der Waals surface area contributed by atoms with Crippen LogP contribution in [-0.4, -0.2) is 16.1 Å². The van der Waals surface area contributed by atoms with Crippen LogP contribution in [-0.2, 0) is 5.41 Å². The Morgan fingerprint density at radius 2 is 2.21 bits per heavy atom. The minimum atomic E-state index is -0.969. The first-order chi connectivity index (χ1) is 9.12. The molecular formula is C14H12ClNO2S. The lowest BCUT2D eigenvalue weighted by molar-refractivity contribution is 0.0690. The summed E-state index contributed by atoms with van der Waals surface area (Å²) >= 11 is 7.49. The van der Waals surface area contributed by atoms with E-state index < -0.39 is 5.97 Å². The van der Waals surface area contributed by atoms with Crippen molar-refractivity contribution in [1.82, 2.24) is 4.98 Å². The molecule has 0 radical (unpaired) electrons. The van der Waals surface area contributed by atoms with Crippen LogP contribution in [0.1, 0.15) is 40.3 Å². The van der Waals surface area contributed by atoms with Crippen LogP contribution in [0.3, 0.4) is 0 Å². The second kappa shape index (κ2) is 4.62. The van der Waals surface area contributed by atoms with Crippen molar-refractivity contribution in [2.24, 2.45) is 0 Å². The predicted octanol–water partition coefficient (Wildman–Crippen LogP) is 3.96. The Hall–Kier alpha value is -1.39. The van der Waals surface area contributed by atoms with Gasteiger partial charge in [-0.15, -0.1) is 11.3 Å². The van der Waals surface area contributed by atoms with E-state index in [2.05, 4.69) is 4.98 Å². The lowest BCUT2D eigenvalue weighted by atomic mass is 9.65. The Labute approximate surface area is 119 Å². The summed E-state index contributed by atoms with van der Waals surface area (Å²) in [6, 6.07) is 7.79. The lowest BCUT2D eigenvalue weighted by Crippen LogP contribution is -2.35. The zero-order valence-corrected chi connectivity index (χ0v) is 11.7. The number of nitrogens with zero attached hydrogens (tertiary/aromatic N) is 1. The van der Waals surface area contributed by atoms with Crippen LogP contribution in [0.4, 0.5) is 0 Å². The summed E-state index contributed by atoms with van der Waals surface area (Å²) < 4.78 is 0. The first-order valence-electron chi connectivity index (χ1n) is 6.07. The van der Waals surface area contributed by atoms with Gasteiger partial charge in [-0.25, -0.2) is 9.78 Å².